The molecule has 1 aromatic carbocycles. The fraction of sp³-hybridized carbons (Fsp3) is 0.500. The molecule has 0 aliphatic carbocycles. The maximum Gasteiger partial charge on any atom is 0.223 e. The minimum absolute atomic E-state index is 0.226. The molecule has 5 nitrogen and oxygen atoms in total. The number of hydrogen-bond acceptors (Lipinski definition) is 4. The van der Waals surface area contributed by atoms with Crippen LogP contribution in [0.5, 0.6) is 0 Å². The molecule has 1 unspecified atom stereocenters. The summed E-state index contributed by atoms with van der Waals surface area (Å²) in [4.78, 5) is 17.0. The van der Waals surface area contributed by atoms with E-state index in [9.17, 15) is 4.79 Å². The van der Waals surface area contributed by atoms with Gasteiger partial charge in [0.15, 0.2) is 0 Å². The lowest BCUT2D eigenvalue weighted by molar-refractivity contribution is -0.133. The van der Waals surface area contributed by atoms with Crippen LogP contribution in [-0.2, 0) is 16.0 Å². The summed E-state index contributed by atoms with van der Waals surface area (Å²) >= 11 is 0. The van der Waals surface area contributed by atoms with E-state index in [1.165, 1.54) is 12.8 Å². The van der Waals surface area contributed by atoms with Gasteiger partial charge in [-0.25, -0.2) is 0 Å². The molecule has 4 rings (SSSR count). The zero-order valence-corrected chi connectivity index (χ0v) is 15.8. The van der Waals surface area contributed by atoms with Gasteiger partial charge in [-0.05, 0) is 25.0 Å². The molecule has 0 saturated carbocycles. The van der Waals surface area contributed by atoms with E-state index in [2.05, 4.69) is 4.90 Å². The Balaban J connectivity index is 1.21. The molecule has 2 aromatic rings. The predicted octanol–water partition coefficient (Wildman–Crippen LogP) is 3.20. The van der Waals surface area contributed by atoms with E-state index < -0.39 is 0 Å². The lowest BCUT2D eigenvalue weighted by Gasteiger charge is -2.35. The van der Waals surface area contributed by atoms with E-state index >= 15 is 0 Å². The Labute approximate surface area is 160 Å². The number of amides is 1. The number of ether oxygens (including phenoxy) is 1. The molecule has 0 radical (unpaired) electrons. The van der Waals surface area contributed by atoms with Gasteiger partial charge in [-0.2, -0.15) is 0 Å². The van der Waals surface area contributed by atoms with Gasteiger partial charge < -0.3 is 14.1 Å². The summed E-state index contributed by atoms with van der Waals surface area (Å²) in [6.45, 7) is 5.45. The van der Waals surface area contributed by atoms with Gasteiger partial charge >= 0.3 is 0 Å². The summed E-state index contributed by atoms with van der Waals surface area (Å²) < 4.78 is 11.6. The number of rotatable bonds is 6. The van der Waals surface area contributed by atoms with Crippen LogP contribution in [0.1, 0.15) is 25.0 Å². The van der Waals surface area contributed by atoms with Crippen LogP contribution in [0.25, 0.3) is 11.3 Å². The van der Waals surface area contributed by atoms with E-state index in [-0.39, 0.29) is 5.91 Å². The van der Waals surface area contributed by atoms with Gasteiger partial charge in [-0.3, -0.25) is 9.69 Å². The Morgan fingerprint density at radius 2 is 1.85 bits per heavy atom. The second-order valence-corrected chi connectivity index (χ2v) is 7.45. The number of aryl methyl sites for hydroxylation is 1. The van der Waals surface area contributed by atoms with Crippen molar-refractivity contribution >= 4 is 5.91 Å². The third-order valence-corrected chi connectivity index (χ3v) is 5.52. The average Bonchev–Trinajstić information content (AvgIpc) is 3.39. The van der Waals surface area contributed by atoms with Crippen molar-refractivity contribution in [3.8, 4) is 11.3 Å². The predicted molar refractivity (Wildman–Crippen MR) is 104 cm³/mol. The minimum atomic E-state index is 0.226. The molecule has 0 N–H and O–H groups in total. The number of carbonyl (C=O) groups is 1. The Morgan fingerprint density at radius 1 is 1.04 bits per heavy atom. The average molecular weight is 368 g/mol. The van der Waals surface area contributed by atoms with E-state index in [0.29, 0.717) is 18.9 Å². The van der Waals surface area contributed by atoms with Gasteiger partial charge in [0.25, 0.3) is 0 Å². The van der Waals surface area contributed by atoms with Gasteiger partial charge in [0.2, 0.25) is 5.91 Å². The Morgan fingerprint density at radius 3 is 2.59 bits per heavy atom. The fourth-order valence-corrected chi connectivity index (χ4v) is 3.91. The Bertz CT molecular complexity index is 729. The Hall–Kier alpha value is -2.11. The maximum atomic E-state index is 12.5. The summed E-state index contributed by atoms with van der Waals surface area (Å²) in [7, 11) is 0. The van der Waals surface area contributed by atoms with Crippen molar-refractivity contribution in [2.75, 3.05) is 39.3 Å². The highest BCUT2D eigenvalue weighted by Gasteiger charge is 2.24. The number of nitrogens with zero attached hydrogens (tertiary/aromatic N) is 2. The molecule has 0 bridgehead atoms. The number of furan rings is 1. The van der Waals surface area contributed by atoms with Crippen LogP contribution in [0.2, 0.25) is 0 Å². The first kappa shape index (κ1) is 18.3. The summed E-state index contributed by atoms with van der Waals surface area (Å²) in [6.07, 6.45) is 3.91. The van der Waals surface area contributed by atoms with Crippen LogP contribution < -0.4 is 0 Å². The molecular formula is C22H28N2O3. The summed E-state index contributed by atoms with van der Waals surface area (Å²) in [6, 6.07) is 14.0. The smallest absolute Gasteiger partial charge is 0.223 e. The maximum absolute atomic E-state index is 12.5. The van der Waals surface area contributed by atoms with Crippen LogP contribution in [-0.4, -0.2) is 61.1 Å². The van der Waals surface area contributed by atoms with Crippen molar-refractivity contribution in [1.29, 1.82) is 0 Å². The molecule has 1 aromatic heterocycles. The topological polar surface area (TPSA) is 45.9 Å². The molecule has 27 heavy (non-hydrogen) atoms. The molecule has 144 valence electrons. The summed E-state index contributed by atoms with van der Waals surface area (Å²) in [5.41, 5.74) is 1.07. The zero-order chi connectivity index (χ0) is 18.5. The van der Waals surface area contributed by atoms with Gasteiger partial charge in [0, 0.05) is 57.7 Å². The third kappa shape index (κ3) is 4.79. The van der Waals surface area contributed by atoms with Crippen molar-refractivity contribution < 1.29 is 13.9 Å². The number of hydrogen-bond donors (Lipinski definition) is 0. The quantitative estimate of drug-likeness (QED) is 0.786. The van der Waals surface area contributed by atoms with Crippen LogP contribution in [0.4, 0.5) is 0 Å². The van der Waals surface area contributed by atoms with Crippen LogP contribution >= 0.6 is 0 Å². The van der Waals surface area contributed by atoms with Gasteiger partial charge in [0.05, 0.1) is 6.10 Å². The summed E-state index contributed by atoms with van der Waals surface area (Å²) in [5.74, 6) is 1.96. The van der Waals surface area contributed by atoms with E-state index in [0.717, 1.165) is 56.4 Å². The zero-order valence-electron chi connectivity index (χ0n) is 15.8. The van der Waals surface area contributed by atoms with Crippen molar-refractivity contribution in [3.63, 3.8) is 0 Å². The van der Waals surface area contributed by atoms with Crippen LogP contribution in [0.3, 0.4) is 0 Å². The van der Waals surface area contributed by atoms with Crippen molar-refractivity contribution in [3.05, 3.63) is 48.2 Å². The van der Waals surface area contributed by atoms with Gasteiger partial charge in [0.1, 0.15) is 11.5 Å². The second kappa shape index (κ2) is 8.72. The normalized spacial score (nSPS) is 20.9. The molecule has 5 heteroatoms. The number of benzene rings is 1. The van der Waals surface area contributed by atoms with Crippen molar-refractivity contribution in [2.24, 2.45) is 0 Å². The number of piperazine rings is 1. The van der Waals surface area contributed by atoms with Gasteiger partial charge in [-0.1, -0.05) is 30.3 Å². The highest BCUT2D eigenvalue weighted by molar-refractivity contribution is 5.76. The van der Waals surface area contributed by atoms with Crippen LogP contribution in [0, 0.1) is 0 Å². The number of carbonyl (C=O) groups excluding carboxylic acids is 1. The SMILES string of the molecule is O=C(CCc1ccc(-c2ccccc2)o1)N1CCN(CC2CCCO2)CC1. The van der Waals surface area contributed by atoms with Crippen molar-refractivity contribution in [1.82, 2.24) is 9.80 Å². The first-order valence-electron chi connectivity index (χ1n) is 10.0. The molecule has 2 saturated heterocycles. The highest BCUT2D eigenvalue weighted by Crippen LogP contribution is 2.22. The standard InChI is InChI=1S/C22H28N2O3/c25-22(24-14-12-23(13-15-24)17-20-7-4-16-26-20)11-9-19-8-10-21(27-19)18-5-2-1-3-6-18/h1-3,5-6,8,10,20H,4,7,9,11-17H2. The molecule has 2 aliphatic heterocycles. The fourth-order valence-electron chi connectivity index (χ4n) is 3.91. The van der Waals surface area contributed by atoms with Crippen LogP contribution in [0.15, 0.2) is 46.9 Å². The molecule has 0 spiro atoms. The molecule has 1 amide bonds. The third-order valence-electron chi connectivity index (χ3n) is 5.52. The van der Waals surface area contributed by atoms with Gasteiger partial charge in [-0.15, -0.1) is 0 Å². The lowest BCUT2D eigenvalue weighted by atomic mass is 10.2. The highest BCUT2D eigenvalue weighted by atomic mass is 16.5. The molecular weight excluding hydrogens is 340 g/mol. The first-order chi connectivity index (χ1) is 13.3. The molecule has 2 fully saturated rings. The van der Waals surface area contributed by atoms with E-state index in [4.69, 9.17) is 9.15 Å². The van der Waals surface area contributed by atoms with E-state index in [1.54, 1.807) is 0 Å². The summed E-state index contributed by atoms with van der Waals surface area (Å²) in [5, 5.41) is 0. The Kier molecular flexibility index (Phi) is 5.90. The lowest BCUT2D eigenvalue weighted by Crippen LogP contribution is -2.50. The molecule has 2 aliphatic rings. The molecule has 1 atom stereocenters. The first-order valence-corrected chi connectivity index (χ1v) is 10.0. The monoisotopic (exact) mass is 368 g/mol. The van der Waals surface area contributed by atoms with E-state index in [1.807, 2.05) is 47.4 Å². The largest absolute Gasteiger partial charge is 0.461 e. The molecule has 3 heterocycles. The second-order valence-electron chi connectivity index (χ2n) is 7.45. The minimum Gasteiger partial charge on any atom is -0.461 e. The van der Waals surface area contributed by atoms with Crippen molar-refractivity contribution in [2.45, 2.75) is 31.8 Å².